The van der Waals surface area contributed by atoms with E-state index in [1.165, 1.54) is 12.1 Å². The molecule has 10 heteroatoms. The normalized spacial score (nSPS) is 15.3. The maximum Gasteiger partial charge on any atom is 0.523 e. The number of carbonyl (C=O) groups excluding carboxylic acids is 1. The molecule has 0 spiro atoms. The van der Waals surface area contributed by atoms with E-state index >= 15 is 0 Å². The molecule has 1 atom stereocenters. The van der Waals surface area contributed by atoms with E-state index in [1.54, 1.807) is 18.2 Å². The first-order valence-corrected chi connectivity index (χ1v) is 6.91. The SMILES string of the molecule is C[C@](O)(COS(=O)(=O)C(F)(F)F)C(=O)Nc1ccccc1. The highest BCUT2D eigenvalue weighted by Crippen LogP contribution is 2.25. The van der Waals surface area contributed by atoms with E-state index in [0.29, 0.717) is 0 Å². The van der Waals surface area contributed by atoms with Crippen LogP contribution in [0.3, 0.4) is 0 Å². The number of halogens is 3. The van der Waals surface area contributed by atoms with Gasteiger partial charge in [0.05, 0.1) is 0 Å². The third-order valence-corrected chi connectivity index (χ3v) is 3.29. The molecule has 0 saturated carbocycles. The monoisotopic (exact) mass is 327 g/mol. The Labute approximate surface area is 118 Å². The van der Waals surface area contributed by atoms with Crippen molar-refractivity contribution in [2.45, 2.75) is 18.0 Å². The van der Waals surface area contributed by atoms with E-state index in [2.05, 4.69) is 9.50 Å². The Balaban J connectivity index is 2.71. The predicted octanol–water partition coefficient (Wildman–Crippen LogP) is 1.24. The van der Waals surface area contributed by atoms with E-state index in [-0.39, 0.29) is 5.69 Å². The molecule has 0 unspecified atom stereocenters. The average molecular weight is 327 g/mol. The lowest BCUT2D eigenvalue weighted by molar-refractivity contribution is -0.135. The van der Waals surface area contributed by atoms with Gasteiger partial charge in [-0.15, -0.1) is 0 Å². The van der Waals surface area contributed by atoms with Crippen LogP contribution in [0.4, 0.5) is 18.9 Å². The minimum atomic E-state index is -5.88. The Morgan fingerprint density at radius 3 is 2.29 bits per heavy atom. The van der Waals surface area contributed by atoms with Crippen LogP contribution in [0.1, 0.15) is 6.92 Å². The highest BCUT2D eigenvalue weighted by Gasteiger charge is 2.48. The number of aliphatic hydroxyl groups is 1. The molecule has 1 rings (SSSR count). The average Bonchev–Trinajstić information content (AvgIpc) is 2.36. The van der Waals surface area contributed by atoms with Crippen molar-refractivity contribution >= 4 is 21.7 Å². The molecule has 0 aliphatic carbocycles. The summed E-state index contributed by atoms with van der Waals surface area (Å²) < 4.78 is 61.2. The first kappa shape index (κ1) is 17.4. The van der Waals surface area contributed by atoms with Crippen LogP contribution in [-0.2, 0) is 19.1 Å². The summed E-state index contributed by atoms with van der Waals surface area (Å²) >= 11 is 0. The van der Waals surface area contributed by atoms with Crippen LogP contribution in [-0.4, -0.2) is 37.1 Å². The second-order valence-corrected chi connectivity index (χ2v) is 5.86. The van der Waals surface area contributed by atoms with Crippen LogP contribution in [0.25, 0.3) is 0 Å². The second kappa shape index (κ2) is 6.00. The summed E-state index contributed by atoms with van der Waals surface area (Å²) in [7, 11) is -5.88. The Bertz CT molecular complexity index is 598. The van der Waals surface area contributed by atoms with Crippen molar-refractivity contribution in [1.82, 2.24) is 0 Å². The predicted molar refractivity (Wildman–Crippen MR) is 66.6 cm³/mol. The van der Waals surface area contributed by atoms with Crippen molar-refractivity contribution in [3.8, 4) is 0 Å². The number of amides is 1. The largest absolute Gasteiger partial charge is 0.523 e. The van der Waals surface area contributed by atoms with Crippen molar-refractivity contribution in [2.24, 2.45) is 0 Å². The molecule has 2 N–H and O–H groups in total. The van der Waals surface area contributed by atoms with Gasteiger partial charge in [0.15, 0.2) is 5.60 Å². The van der Waals surface area contributed by atoms with Gasteiger partial charge in [0, 0.05) is 5.69 Å². The summed E-state index contributed by atoms with van der Waals surface area (Å²) in [5.41, 5.74) is -7.81. The molecule has 6 nitrogen and oxygen atoms in total. The Hall–Kier alpha value is -1.65. The van der Waals surface area contributed by atoms with Gasteiger partial charge in [0.1, 0.15) is 6.61 Å². The first-order chi connectivity index (χ1) is 9.46. The van der Waals surface area contributed by atoms with Crippen molar-refractivity contribution < 1.29 is 35.7 Å². The molecule has 1 aromatic carbocycles. The lowest BCUT2D eigenvalue weighted by Crippen LogP contribution is -2.45. The Morgan fingerprint density at radius 2 is 1.81 bits per heavy atom. The zero-order valence-corrected chi connectivity index (χ0v) is 11.5. The fourth-order valence-corrected chi connectivity index (χ4v) is 1.63. The zero-order chi connectivity index (χ0) is 16.3. The van der Waals surface area contributed by atoms with Gasteiger partial charge < -0.3 is 10.4 Å². The topological polar surface area (TPSA) is 92.7 Å². The highest BCUT2D eigenvalue weighted by atomic mass is 32.2. The lowest BCUT2D eigenvalue weighted by Gasteiger charge is -2.22. The molecule has 1 aromatic rings. The van der Waals surface area contributed by atoms with Crippen molar-refractivity contribution in [2.75, 3.05) is 11.9 Å². The summed E-state index contributed by atoms with van der Waals surface area (Å²) in [6.07, 6.45) is 0. The molecule has 0 aromatic heterocycles. The lowest BCUT2D eigenvalue weighted by atomic mass is 10.1. The maximum atomic E-state index is 12.1. The van der Waals surface area contributed by atoms with Crippen molar-refractivity contribution in [1.29, 1.82) is 0 Å². The first-order valence-electron chi connectivity index (χ1n) is 5.50. The fourth-order valence-electron chi connectivity index (χ4n) is 1.11. The van der Waals surface area contributed by atoms with E-state index in [4.69, 9.17) is 0 Å². The standard InChI is InChI=1S/C11H12F3NO5S/c1-10(17,7-20-21(18,19)11(12,13)14)9(16)15-8-5-3-2-4-6-8/h2-6,17H,7H2,1H3,(H,15,16)/t10-/m0/s1. The van der Waals surface area contributed by atoms with E-state index in [0.717, 1.165) is 6.92 Å². The summed E-state index contributed by atoms with van der Waals surface area (Å²) in [6.45, 7) is -0.537. The number of rotatable bonds is 5. The summed E-state index contributed by atoms with van der Waals surface area (Å²) in [5, 5.41) is 11.9. The third kappa shape index (κ3) is 4.69. The molecule has 21 heavy (non-hydrogen) atoms. The van der Waals surface area contributed by atoms with Crippen LogP contribution in [0.15, 0.2) is 30.3 Å². The summed E-state index contributed by atoms with van der Waals surface area (Å²) in [6, 6.07) is 7.76. The van der Waals surface area contributed by atoms with Gasteiger partial charge in [0.2, 0.25) is 0 Å². The third-order valence-electron chi connectivity index (χ3n) is 2.30. The van der Waals surface area contributed by atoms with Crippen LogP contribution >= 0.6 is 0 Å². The number of benzene rings is 1. The molecule has 118 valence electrons. The van der Waals surface area contributed by atoms with Crippen LogP contribution in [0.2, 0.25) is 0 Å². The van der Waals surface area contributed by atoms with Gasteiger partial charge in [-0.25, -0.2) is 0 Å². The summed E-state index contributed by atoms with van der Waals surface area (Å²) in [5.74, 6) is -1.11. The molecule has 0 bridgehead atoms. The van der Waals surface area contributed by atoms with Gasteiger partial charge in [-0.05, 0) is 19.1 Å². The van der Waals surface area contributed by atoms with Gasteiger partial charge in [-0.2, -0.15) is 21.6 Å². The molecule has 0 fully saturated rings. The van der Waals surface area contributed by atoms with Gasteiger partial charge >= 0.3 is 15.6 Å². The number of carbonyl (C=O) groups is 1. The summed E-state index contributed by atoms with van der Waals surface area (Å²) in [4.78, 5) is 11.7. The molecule has 0 saturated heterocycles. The van der Waals surface area contributed by atoms with Gasteiger partial charge in [-0.3, -0.25) is 8.98 Å². The number of para-hydroxylation sites is 1. The highest BCUT2D eigenvalue weighted by molar-refractivity contribution is 7.87. The molecule has 0 aliphatic rings. The number of hydrogen-bond acceptors (Lipinski definition) is 5. The molecular formula is C11H12F3NO5S. The minimum Gasteiger partial charge on any atom is -0.378 e. The number of alkyl halides is 3. The molecule has 1 amide bonds. The van der Waals surface area contributed by atoms with Gasteiger partial charge in [0.25, 0.3) is 5.91 Å². The van der Waals surface area contributed by atoms with E-state index < -0.39 is 33.7 Å². The Morgan fingerprint density at radius 1 is 1.29 bits per heavy atom. The quantitative estimate of drug-likeness (QED) is 0.627. The maximum absolute atomic E-state index is 12.1. The Kier molecular flexibility index (Phi) is 4.97. The molecule has 0 heterocycles. The molecular weight excluding hydrogens is 315 g/mol. The second-order valence-electron chi connectivity index (χ2n) is 4.26. The van der Waals surface area contributed by atoms with E-state index in [9.17, 15) is 31.5 Å². The minimum absolute atomic E-state index is 0.279. The van der Waals surface area contributed by atoms with Crippen LogP contribution in [0.5, 0.6) is 0 Å². The molecule has 0 radical (unpaired) electrons. The fraction of sp³-hybridized carbons (Fsp3) is 0.364. The number of nitrogens with one attached hydrogen (secondary N) is 1. The van der Waals surface area contributed by atoms with Crippen molar-refractivity contribution in [3.63, 3.8) is 0 Å². The van der Waals surface area contributed by atoms with E-state index in [1.807, 2.05) is 0 Å². The van der Waals surface area contributed by atoms with Gasteiger partial charge in [-0.1, -0.05) is 18.2 Å². The smallest absolute Gasteiger partial charge is 0.378 e. The zero-order valence-electron chi connectivity index (χ0n) is 10.7. The van der Waals surface area contributed by atoms with Crippen LogP contribution in [0, 0.1) is 0 Å². The van der Waals surface area contributed by atoms with Crippen molar-refractivity contribution in [3.05, 3.63) is 30.3 Å². The molecule has 0 aliphatic heterocycles. The number of anilines is 1. The number of hydrogen-bond donors (Lipinski definition) is 2. The van der Waals surface area contributed by atoms with Crippen LogP contribution < -0.4 is 5.32 Å².